The lowest BCUT2D eigenvalue weighted by molar-refractivity contribution is -0.145. The second-order valence-electron chi connectivity index (χ2n) is 14.0. The van der Waals surface area contributed by atoms with Crippen molar-refractivity contribution >= 4 is 5.97 Å². The highest BCUT2D eigenvalue weighted by Crippen LogP contribution is 2.12. The molecule has 0 aromatic carbocycles. The van der Waals surface area contributed by atoms with E-state index in [1.54, 1.807) is 0 Å². The molecule has 0 aliphatic rings. The minimum absolute atomic E-state index is 0.150. The Hall–Kier alpha value is -0.970. The summed E-state index contributed by atoms with van der Waals surface area (Å²) in [7, 11) is 0. The van der Waals surface area contributed by atoms with Gasteiger partial charge in [-0.25, -0.2) is 0 Å². The number of carbonyl (C=O) groups is 1. The van der Waals surface area contributed by atoms with Crippen LogP contribution in [0.25, 0.3) is 0 Å². The summed E-state index contributed by atoms with van der Waals surface area (Å²) < 4.78 is 65.9. The molecule has 0 heterocycles. The molecule has 13 heteroatoms. The van der Waals surface area contributed by atoms with Crippen molar-refractivity contribution in [2.75, 3.05) is 152 Å². The predicted octanol–water partition coefficient (Wildman–Crippen LogP) is 7.77. The molecule has 0 fully saturated rings. The average Bonchev–Trinajstić information content (AvgIpc) is 3.22. The van der Waals surface area contributed by atoms with Crippen LogP contribution in [0, 0.1) is 0 Å². The molecule has 0 amide bonds. The zero-order valence-corrected chi connectivity index (χ0v) is 36.8. The number of hydrogen-bond acceptors (Lipinski definition) is 13. The molecule has 0 N–H and O–H groups in total. The normalized spacial score (nSPS) is 11.5. The molecule has 13 nitrogen and oxygen atoms in total. The van der Waals surface area contributed by atoms with Crippen LogP contribution >= 0.6 is 0 Å². The standard InChI is InChI=1S/C44H88O13/c1-3-5-7-9-10-11-12-13-14-15-16-17-19-21-46-22-23-47-24-25-48-26-27-49-28-29-50-30-31-51-32-33-52-34-35-53-36-37-54-38-39-55-40-41-56-42-43-57-44(45)20-18-8-6-4-2/h3-43H2,1-2H3. The van der Waals surface area contributed by atoms with Gasteiger partial charge in [0.2, 0.25) is 0 Å². The lowest BCUT2D eigenvalue weighted by atomic mass is 10.0. The van der Waals surface area contributed by atoms with E-state index in [1.807, 2.05) is 0 Å². The fourth-order valence-electron chi connectivity index (χ4n) is 5.51. The van der Waals surface area contributed by atoms with E-state index in [4.69, 9.17) is 56.8 Å². The predicted molar refractivity (Wildman–Crippen MR) is 224 cm³/mol. The van der Waals surface area contributed by atoms with Crippen molar-refractivity contribution in [3.8, 4) is 0 Å². The molecule has 0 aromatic rings. The van der Waals surface area contributed by atoms with Gasteiger partial charge in [0.1, 0.15) is 6.61 Å². The number of rotatable bonds is 52. The van der Waals surface area contributed by atoms with E-state index in [9.17, 15) is 4.79 Å². The van der Waals surface area contributed by atoms with E-state index in [-0.39, 0.29) is 12.6 Å². The summed E-state index contributed by atoms with van der Waals surface area (Å²) in [5.74, 6) is -0.150. The fourth-order valence-corrected chi connectivity index (χ4v) is 5.51. The quantitative estimate of drug-likeness (QED) is 0.0438. The third-order valence-electron chi connectivity index (χ3n) is 8.84. The van der Waals surface area contributed by atoms with Crippen LogP contribution in [0.2, 0.25) is 0 Å². The van der Waals surface area contributed by atoms with Crippen LogP contribution in [0.4, 0.5) is 0 Å². The molecule has 0 spiro atoms. The van der Waals surface area contributed by atoms with Crippen molar-refractivity contribution in [2.24, 2.45) is 0 Å². The number of carbonyl (C=O) groups excluding carboxylic acids is 1. The van der Waals surface area contributed by atoms with Crippen molar-refractivity contribution < 1.29 is 61.6 Å². The zero-order chi connectivity index (χ0) is 41.1. The number of esters is 1. The maximum absolute atomic E-state index is 11.6. The number of ether oxygens (including phenoxy) is 12. The Bertz CT molecular complexity index is 734. The van der Waals surface area contributed by atoms with Gasteiger partial charge in [-0.3, -0.25) is 4.79 Å². The number of unbranched alkanes of at least 4 members (excludes halogenated alkanes) is 15. The van der Waals surface area contributed by atoms with Gasteiger partial charge >= 0.3 is 5.97 Å². The Morgan fingerprint density at radius 1 is 0.246 bits per heavy atom. The van der Waals surface area contributed by atoms with Crippen LogP contribution in [-0.4, -0.2) is 158 Å². The van der Waals surface area contributed by atoms with Crippen LogP contribution in [0.3, 0.4) is 0 Å². The van der Waals surface area contributed by atoms with E-state index in [0.29, 0.717) is 145 Å². The van der Waals surface area contributed by atoms with Crippen LogP contribution in [0.15, 0.2) is 0 Å². The second-order valence-corrected chi connectivity index (χ2v) is 14.0. The summed E-state index contributed by atoms with van der Waals surface area (Å²) in [6, 6.07) is 0. The van der Waals surface area contributed by atoms with E-state index in [0.717, 1.165) is 38.7 Å². The van der Waals surface area contributed by atoms with Crippen LogP contribution in [-0.2, 0) is 61.6 Å². The van der Waals surface area contributed by atoms with Gasteiger partial charge in [-0.05, 0) is 12.8 Å². The van der Waals surface area contributed by atoms with Gasteiger partial charge in [-0.2, -0.15) is 0 Å². The lowest BCUT2D eigenvalue weighted by Crippen LogP contribution is -2.15. The summed E-state index contributed by atoms with van der Waals surface area (Å²) in [6.07, 6.45) is 22.5. The SMILES string of the molecule is CCCCCCCCCCCCCCCOCCOCCOCCOCCOCCOCCOCCOCCOCCOCCOCCOC(=O)CCCCCC. The van der Waals surface area contributed by atoms with E-state index in [1.165, 1.54) is 77.0 Å². The monoisotopic (exact) mass is 825 g/mol. The molecular weight excluding hydrogens is 736 g/mol. The van der Waals surface area contributed by atoms with Gasteiger partial charge in [0.25, 0.3) is 0 Å². The number of hydrogen-bond donors (Lipinski definition) is 0. The largest absolute Gasteiger partial charge is 0.463 e. The van der Waals surface area contributed by atoms with Gasteiger partial charge < -0.3 is 56.8 Å². The van der Waals surface area contributed by atoms with Gasteiger partial charge in [-0.1, -0.05) is 110 Å². The smallest absolute Gasteiger partial charge is 0.305 e. The van der Waals surface area contributed by atoms with Gasteiger partial charge in [0.05, 0.1) is 139 Å². The molecule has 0 atom stereocenters. The van der Waals surface area contributed by atoms with Crippen molar-refractivity contribution in [2.45, 2.75) is 129 Å². The van der Waals surface area contributed by atoms with Crippen LogP contribution in [0.5, 0.6) is 0 Å². The molecule has 0 saturated carbocycles. The minimum Gasteiger partial charge on any atom is -0.463 e. The highest BCUT2D eigenvalue weighted by molar-refractivity contribution is 5.69. The summed E-state index contributed by atoms with van der Waals surface area (Å²) in [4.78, 5) is 11.6. The van der Waals surface area contributed by atoms with Crippen molar-refractivity contribution in [3.63, 3.8) is 0 Å². The Balaban J connectivity index is 3.08. The molecule has 0 saturated heterocycles. The summed E-state index contributed by atoms with van der Waals surface area (Å²) in [5.41, 5.74) is 0. The zero-order valence-electron chi connectivity index (χ0n) is 36.8. The summed E-state index contributed by atoms with van der Waals surface area (Å²) in [6.45, 7) is 16.4. The average molecular weight is 825 g/mol. The highest BCUT2D eigenvalue weighted by atomic mass is 16.6. The van der Waals surface area contributed by atoms with Crippen LogP contribution in [0.1, 0.15) is 129 Å². The Morgan fingerprint density at radius 2 is 0.456 bits per heavy atom. The maximum atomic E-state index is 11.6. The summed E-state index contributed by atoms with van der Waals surface area (Å²) >= 11 is 0. The molecule has 0 radical (unpaired) electrons. The first kappa shape index (κ1) is 56.0. The van der Waals surface area contributed by atoms with Gasteiger partial charge in [-0.15, -0.1) is 0 Å². The molecule has 0 aliphatic heterocycles. The fraction of sp³-hybridized carbons (Fsp3) is 0.977. The molecule has 0 aromatic heterocycles. The summed E-state index contributed by atoms with van der Waals surface area (Å²) in [5, 5.41) is 0. The Morgan fingerprint density at radius 3 is 0.737 bits per heavy atom. The molecular formula is C44H88O13. The molecule has 0 rings (SSSR count). The molecule has 57 heavy (non-hydrogen) atoms. The van der Waals surface area contributed by atoms with Crippen molar-refractivity contribution in [3.05, 3.63) is 0 Å². The van der Waals surface area contributed by atoms with Crippen LogP contribution < -0.4 is 0 Å². The van der Waals surface area contributed by atoms with Crippen molar-refractivity contribution in [1.82, 2.24) is 0 Å². The maximum Gasteiger partial charge on any atom is 0.305 e. The van der Waals surface area contributed by atoms with E-state index in [2.05, 4.69) is 13.8 Å². The van der Waals surface area contributed by atoms with E-state index < -0.39 is 0 Å². The van der Waals surface area contributed by atoms with Crippen molar-refractivity contribution in [1.29, 1.82) is 0 Å². The lowest BCUT2D eigenvalue weighted by Gasteiger charge is -2.09. The van der Waals surface area contributed by atoms with Gasteiger partial charge in [0.15, 0.2) is 0 Å². The Kier molecular flexibility index (Phi) is 52.1. The molecule has 0 unspecified atom stereocenters. The molecule has 342 valence electrons. The third kappa shape index (κ3) is 53.0. The first-order chi connectivity index (χ1) is 28.3. The topological polar surface area (TPSA) is 128 Å². The highest BCUT2D eigenvalue weighted by Gasteiger charge is 2.02. The minimum atomic E-state index is -0.150. The Labute approximate surface area is 348 Å². The molecule has 0 bridgehead atoms. The molecule has 0 aliphatic carbocycles. The van der Waals surface area contributed by atoms with Gasteiger partial charge in [0, 0.05) is 13.0 Å². The second kappa shape index (κ2) is 53.0. The first-order valence-corrected chi connectivity index (χ1v) is 22.8. The third-order valence-corrected chi connectivity index (χ3v) is 8.84. The first-order valence-electron chi connectivity index (χ1n) is 22.8. The van der Waals surface area contributed by atoms with E-state index >= 15 is 0 Å².